The number of alkyl halides is 12. The predicted octanol–water partition coefficient (Wildman–Crippen LogP) is 9.60. The van der Waals surface area contributed by atoms with Crippen LogP contribution in [0.5, 0.6) is 17.4 Å². The summed E-state index contributed by atoms with van der Waals surface area (Å²) in [5.41, 5.74) is -0.0722. The van der Waals surface area contributed by atoms with Crippen LogP contribution >= 0.6 is 0 Å². The molecule has 17 heteroatoms. The fraction of sp³-hybridized carbons (Fsp3) is 0.571. The zero-order valence-electron chi connectivity index (χ0n) is 23.6. The van der Waals surface area contributed by atoms with Crippen LogP contribution in [-0.4, -0.2) is 53.8 Å². The number of unbranched alkanes of at least 4 members (excludes halogenated alkanes) is 7. The fourth-order valence-corrected chi connectivity index (χ4v) is 3.67. The second kappa shape index (κ2) is 15.3. The van der Waals surface area contributed by atoms with Crippen molar-refractivity contribution in [3.63, 3.8) is 0 Å². The number of rotatable bonds is 18. The van der Waals surface area contributed by atoms with Gasteiger partial charge in [-0.2, -0.15) is 52.7 Å². The summed E-state index contributed by atoms with van der Waals surface area (Å²) in [5, 5.41) is 0. The highest BCUT2D eigenvalue weighted by atomic mass is 19.4. The number of ether oxygens (including phenoxy) is 3. The van der Waals surface area contributed by atoms with Gasteiger partial charge in [0.2, 0.25) is 5.88 Å². The summed E-state index contributed by atoms with van der Waals surface area (Å²) < 4.78 is 172. The molecule has 0 radical (unpaired) electrons. The molecule has 0 fully saturated rings. The van der Waals surface area contributed by atoms with E-state index < -0.39 is 47.9 Å². The molecule has 0 aliphatic heterocycles. The molecule has 0 aliphatic carbocycles. The second-order valence-electron chi connectivity index (χ2n) is 9.85. The lowest BCUT2D eigenvalue weighted by Gasteiger charge is -2.37. The molecule has 1 atom stereocenters. The lowest BCUT2D eigenvalue weighted by molar-refractivity contribution is -0.432. The van der Waals surface area contributed by atoms with Gasteiger partial charge < -0.3 is 14.2 Å². The van der Waals surface area contributed by atoms with Crippen molar-refractivity contribution < 1.29 is 71.7 Å². The van der Waals surface area contributed by atoms with Crippen LogP contribution in [0.4, 0.5) is 52.7 Å². The van der Waals surface area contributed by atoms with Gasteiger partial charge in [0, 0.05) is 12.3 Å². The van der Waals surface area contributed by atoms with Crippen LogP contribution in [0.25, 0.3) is 0 Å². The molecule has 5 nitrogen and oxygen atoms in total. The zero-order chi connectivity index (χ0) is 34.1. The SMILES string of the molecule is CCCCCCCCCCOc1ccc(C(=O)Oc2ccc(OC(F)C(F)(F)C(F)(F)C(F)(F)C(F)(F)C(F)(F)F)cc2)cn1. The van der Waals surface area contributed by atoms with E-state index >= 15 is 0 Å². The maximum atomic E-state index is 13.9. The monoisotopic (exact) mass is 671 g/mol. The summed E-state index contributed by atoms with van der Waals surface area (Å²) in [5.74, 6) is -32.1. The van der Waals surface area contributed by atoms with E-state index in [2.05, 4.69) is 16.6 Å². The maximum Gasteiger partial charge on any atom is 0.460 e. The molecule has 0 spiro atoms. The average molecular weight is 672 g/mol. The van der Waals surface area contributed by atoms with Gasteiger partial charge in [-0.1, -0.05) is 51.9 Å². The van der Waals surface area contributed by atoms with Crippen molar-refractivity contribution in [1.82, 2.24) is 4.98 Å². The molecule has 0 N–H and O–H groups in total. The molecule has 1 aromatic carbocycles. The molecule has 0 saturated heterocycles. The van der Waals surface area contributed by atoms with E-state index in [4.69, 9.17) is 9.47 Å². The van der Waals surface area contributed by atoms with Crippen molar-refractivity contribution in [3.8, 4) is 17.4 Å². The first-order chi connectivity index (χ1) is 20.8. The van der Waals surface area contributed by atoms with Crippen LogP contribution in [0.1, 0.15) is 68.6 Å². The highest BCUT2D eigenvalue weighted by molar-refractivity contribution is 5.90. The van der Waals surface area contributed by atoms with Crippen molar-refractivity contribution in [2.45, 2.75) is 94.5 Å². The largest absolute Gasteiger partial charge is 0.478 e. The van der Waals surface area contributed by atoms with Gasteiger partial charge >= 0.3 is 42.2 Å². The Bertz CT molecular complexity index is 1210. The Morgan fingerprint density at radius 2 is 1.24 bits per heavy atom. The third-order valence-electron chi connectivity index (χ3n) is 6.34. The van der Waals surface area contributed by atoms with Gasteiger partial charge in [-0.3, -0.25) is 0 Å². The number of carbonyl (C=O) groups is 1. The number of pyridine rings is 1. The molecule has 2 rings (SSSR count). The summed E-state index contributed by atoms with van der Waals surface area (Å²) in [6, 6.07) is 5.29. The minimum absolute atomic E-state index is 0.0722. The molecule has 0 amide bonds. The molecule has 0 bridgehead atoms. The minimum Gasteiger partial charge on any atom is -0.478 e. The van der Waals surface area contributed by atoms with E-state index in [1.807, 2.05) is 0 Å². The first kappa shape index (κ1) is 37.8. The summed E-state index contributed by atoms with van der Waals surface area (Å²) in [4.78, 5) is 16.3. The van der Waals surface area contributed by atoms with Crippen molar-refractivity contribution in [2.75, 3.05) is 6.61 Å². The van der Waals surface area contributed by atoms with Gasteiger partial charge in [0.05, 0.1) is 12.2 Å². The number of halogens is 12. The molecule has 1 heterocycles. The molecular weight excluding hydrogens is 642 g/mol. The highest BCUT2D eigenvalue weighted by Gasteiger charge is 2.88. The number of carbonyl (C=O) groups excluding carboxylic acids is 1. The zero-order valence-corrected chi connectivity index (χ0v) is 23.6. The summed E-state index contributed by atoms with van der Waals surface area (Å²) in [7, 11) is 0. The molecule has 0 saturated carbocycles. The topological polar surface area (TPSA) is 57.7 Å². The predicted molar refractivity (Wildman–Crippen MR) is 135 cm³/mol. The van der Waals surface area contributed by atoms with Crippen LogP contribution in [0.3, 0.4) is 0 Å². The Kier molecular flexibility index (Phi) is 12.8. The minimum atomic E-state index is -7.78. The molecule has 1 unspecified atom stereocenters. The summed E-state index contributed by atoms with van der Waals surface area (Å²) in [6.07, 6.45) is -2.25. The van der Waals surface area contributed by atoms with Crippen LogP contribution < -0.4 is 14.2 Å². The number of hydrogen-bond donors (Lipinski definition) is 0. The number of aromatic nitrogens is 1. The first-order valence-electron chi connectivity index (χ1n) is 13.6. The van der Waals surface area contributed by atoms with Gasteiger partial charge in [-0.25, -0.2) is 9.78 Å². The van der Waals surface area contributed by atoms with Crippen molar-refractivity contribution in [1.29, 1.82) is 0 Å². The average Bonchev–Trinajstić information content (AvgIpc) is 2.96. The molecular formula is C28H29F12NO4. The third-order valence-corrected chi connectivity index (χ3v) is 6.34. The van der Waals surface area contributed by atoms with Gasteiger partial charge in [0.25, 0.3) is 0 Å². The quantitative estimate of drug-likeness (QED) is 0.0684. The van der Waals surface area contributed by atoms with Gasteiger partial charge in [-0.05, 0) is 36.8 Å². The van der Waals surface area contributed by atoms with Crippen LogP contribution in [0.2, 0.25) is 0 Å². The van der Waals surface area contributed by atoms with Crippen molar-refractivity contribution in [2.24, 2.45) is 0 Å². The van der Waals surface area contributed by atoms with Crippen LogP contribution in [-0.2, 0) is 0 Å². The van der Waals surface area contributed by atoms with E-state index in [0.29, 0.717) is 18.7 Å². The second-order valence-corrected chi connectivity index (χ2v) is 9.85. The fourth-order valence-electron chi connectivity index (χ4n) is 3.67. The molecule has 2 aromatic rings. The smallest absolute Gasteiger partial charge is 0.460 e. The highest BCUT2D eigenvalue weighted by Crippen LogP contribution is 2.58. The van der Waals surface area contributed by atoms with Gasteiger partial charge in [0.15, 0.2) is 0 Å². The molecule has 1 aromatic heterocycles. The van der Waals surface area contributed by atoms with Gasteiger partial charge in [-0.15, -0.1) is 0 Å². The van der Waals surface area contributed by atoms with Crippen LogP contribution in [0, 0.1) is 0 Å². The Hall–Kier alpha value is -3.40. The standard InChI is InChI=1S/C28H29F12NO4/c1-2-3-4-5-6-7-8-9-16-43-21-15-10-18(17-41-21)22(42)44-19-11-13-20(14-12-19)45-23(29)24(30,31)25(32,33)26(34,35)27(36,37)28(38,39)40/h10-15,17,23H,2-9,16H2,1H3. The number of hydrogen-bond acceptors (Lipinski definition) is 5. The summed E-state index contributed by atoms with van der Waals surface area (Å²) in [6.45, 7) is 2.55. The number of nitrogens with zero attached hydrogens (tertiary/aromatic N) is 1. The van der Waals surface area contributed by atoms with Crippen molar-refractivity contribution in [3.05, 3.63) is 48.2 Å². The Balaban J connectivity index is 1.92. The normalized spacial score (nSPS) is 13.8. The lowest BCUT2D eigenvalue weighted by atomic mass is 9.98. The molecule has 0 aliphatic rings. The van der Waals surface area contributed by atoms with E-state index in [9.17, 15) is 57.5 Å². The third kappa shape index (κ3) is 9.08. The number of benzene rings is 1. The van der Waals surface area contributed by atoms with Crippen LogP contribution in [0.15, 0.2) is 42.6 Å². The van der Waals surface area contributed by atoms with E-state index in [0.717, 1.165) is 44.0 Å². The molecule has 45 heavy (non-hydrogen) atoms. The Morgan fingerprint density at radius 3 is 1.76 bits per heavy atom. The Morgan fingerprint density at radius 1 is 0.711 bits per heavy atom. The molecule has 254 valence electrons. The van der Waals surface area contributed by atoms with E-state index in [-0.39, 0.29) is 17.2 Å². The lowest BCUT2D eigenvalue weighted by Crippen LogP contribution is -2.68. The van der Waals surface area contributed by atoms with Crippen molar-refractivity contribution >= 4 is 5.97 Å². The van der Waals surface area contributed by atoms with E-state index in [1.165, 1.54) is 37.8 Å². The van der Waals surface area contributed by atoms with Gasteiger partial charge in [0.1, 0.15) is 11.5 Å². The van der Waals surface area contributed by atoms with E-state index in [1.54, 1.807) is 0 Å². The first-order valence-corrected chi connectivity index (χ1v) is 13.6. The number of esters is 1. The summed E-state index contributed by atoms with van der Waals surface area (Å²) >= 11 is 0. The maximum absolute atomic E-state index is 13.9. The Labute approximate surface area is 249 Å².